The predicted molar refractivity (Wildman–Crippen MR) is 85.4 cm³/mol. The molecule has 3 rings (SSSR count). The standard InChI is InChI=1S/C17H19O3P/c1-11-9-12(17(2,3)4)10-14-13-7-5-6-8-15(13)20-21(18,19)16(11)14/h5-10H,1-4H3,(H,18,19). The van der Waals surface area contributed by atoms with E-state index >= 15 is 0 Å². The number of aryl methyl sites for hydroxylation is 1. The third-order valence-electron chi connectivity index (χ3n) is 3.85. The molecule has 0 aliphatic carbocycles. The lowest BCUT2D eigenvalue weighted by atomic mass is 9.84. The van der Waals surface area contributed by atoms with E-state index in [0.717, 1.165) is 22.3 Å². The summed E-state index contributed by atoms with van der Waals surface area (Å²) in [4.78, 5) is 10.3. The smallest absolute Gasteiger partial charge is 0.409 e. The summed E-state index contributed by atoms with van der Waals surface area (Å²) < 4.78 is 17.9. The van der Waals surface area contributed by atoms with E-state index in [1.165, 1.54) is 0 Å². The zero-order valence-corrected chi connectivity index (χ0v) is 13.6. The lowest BCUT2D eigenvalue weighted by molar-refractivity contribution is 0.392. The van der Waals surface area contributed by atoms with Gasteiger partial charge in [-0.25, -0.2) is 4.57 Å². The summed E-state index contributed by atoms with van der Waals surface area (Å²) in [6.45, 7) is 8.28. The van der Waals surface area contributed by atoms with Crippen molar-refractivity contribution in [2.75, 3.05) is 0 Å². The first-order valence-corrected chi connectivity index (χ1v) is 8.55. The first kappa shape index (κ1) is 14.4. The van der Waals surface area contributed by atoms with Crippen LogP contribution in [0, 0.1) is 6.92 Å². The van der Waals surface area contributed by atoms with Crippen LogP contribution in [0.3, 0.4) is 0 Å². The van der Waals surface area contributed by atoms with Gasteiger partial charge < -0.3 is 9.42 Å². The van der Waals surface area contributed by atoms with E-state index in [-0.39, 0.29) is 5.41 Å². The van der Waals surface area contributed by atoms with Crippen LogP contribution in [0.25, 0.3) is 11.1 Å². The van der Waals surface area contributed by atoms with Crippen molar-refractivity contribution in [3.05, 3.63) is 47.5 Å². The Bertz CT molecular complexity index is 772. The van der Waals surface area contributed by atoms with Crippen LogP contribution >= 0.6 is 7.60 Å². The Balaban J connectivity index is 2.38. The Kier molecular flexibility index (Phi) is 3.05. The van der Waals surface area contributed by atoms with E-state index in [4.69, 9.17) is 4.52 Å². The van der Waals surface area contributed by atoms with Gasteiger partial charge in [-0.05, 0) is 35.6 Å². The van der Waals surface area contributed by atoms with Gasteiger partial charge in [0.2, 0.25) is 0 Å². The van der Waals surface area contributed by atoms with Gasteiger partial charge in [-0.2, -0.15) is 0 Å². The molecule has 1 aliphatic heterocycles. The molecule has 0 amide bonds. The van der Waals surface area contributed by atoms with E-state index in [1.54, 1.807) is 6.07 Å². The second-order valence-corrected chi connectivity index (χ2v) is 8.22. The van der Waals surface area contributed by atoms with Crippen LogP contribution in [0.4, 0.5) is 0 Å². The van der Waals surface area contributed by atoms with Gasteiger partial charge in [0.05, 0.1) is 5.30 Å². The van der Waals surface area contributed by atoms with Gasteiger partial charge in [0.25, 0.3) is 0 Å². The highest BCUT2D eigenvalue weighted by molar-refractivity contribution is 7.62. The quantitative estimate of drug-likeness (QED) is 0.743. The summed E-state index contributed by atoms with van der Waals surface area (Å²) in [7, 11) is -3.82. The predicted octanol–water partition coefficient (Wildman–Crippen LogP) is 4.16. The van der Waals surface area contributed by atoms with Crippen LogP contribution in [-0.4, -0.2) is 4.89 Å². The van der Waals surface area contributed by atoms with Crippen molar-refractivity contribution in [3.8, 4) is 16.9 Å². The third-order valence-corrected chi connectivity index (χ3v) is 5.45. The van der Waals surface area contributed by atoms with E-state index in [0.29, 0.717) is 11.1 Å². The summed E-state index contributed by atoms with van der Waals surface area (Å²) in [6, 6.07) is 11.4. The highest BCUT2D eigenvalue weighted by Crippen LogP contribution is 2.52. The molecule has 2 aromatic carbocycles. The molecular weight excluding hydrogens is 283 g/mol. The second-order valence-electron chi connectivity index (χ2n) is 6.55. The molecule has 2 aromatic rings. The molecule has 1 aliphatic rings. The summed E-state index contributed by atoms with van der Waals surface area (Å²) in [5.41, 5.74) is 3.62. The summed E-state index contributed by atoms with van der Waals surface area (Å²) in [5.74, 6) is 0.473. The van der Waals surface area contributed by atoms with Gasteiger partial charge in [-0.3, -0.25) is 0 Å². The highest BCUT2D eigenvalue weighted by atomic mass is 31.2. The molecule has 1 N–H and O–H groups in total. The molecule has 0 bridgehead atoms. The number of para-hydroxylation sites is 1. The average molecular weight is 302 g/mol. The largest absolute Gasteiger partial charge is 0.421 e. The second kappa shape index (κ2) is 4.46. The minimum absolute atomic E-state index is 0.0213. The monoisotopic (exact) mass is 302 g/mol. The van der Waals surface area contributed by atoms with Crippen LogP contribution in [0.5, 0.6) is 5.75 Å². The van der Waals surface area contributed by atoms with E-state index in [2.05, 4.69) is 20.8 Å². The Morgan fingerprint density at radius 2 is 1.76 bits per heavy atom. The normalized spacial score (nSPS) is 20.4. The van der Waals surface area contributed by atoms with Crippen molar-refractivity contribution < 1.29 is 14.0 Å². The summed E-state index contributed by atoms with van der Waals surface area (Å²) in [5, 5.41) is 0.425. The number of benzene rings is 2. The first-order chi connectivity index (χ1) is 9.70. The van der Waals surface area contributed by atoms with Gasteiger partial charge >= 0.3 is 7.60 Å². The maximum Gasteiger partial charge on any atom is 0.409 e. The number of hydrogen-bond acceptors (Lipinski definition) is 2. The molecule has 0 radical (unpaired) electrons. The molecule has 21 heavy (non-hydrogen) atoms. The number of fused-ring (bicyclic) bond motifs is 3. The average Bonchev–Trinajstić information content (AvgIpc) is 2.36. The summed E-state index contributed by atoms with van der Waals surface area (Å²) >= 11 is 0. The van der Waals surface area contributed by atoms with E-state index < -0.39 is 7.60 Å². The number of hydrogen-bond donors (Lipinski definition) is 1. The lowest BCUT2D eigenvalue weighted by Crippen LogP contribution is -2.22. The molecule has 1 unspecified atom stereocenters. The fourth-order valence-electron chi connectivity index (χ4n) is 2.74. The minimum atomic E-state index is -3.82. The van der Waals surface area contributed by atoms with E-state index in [9.17, 15) is 9.46 Å². The van der Waals surface area contributed by atoms with Crippen LogP contribution in [0.1, 0.15) is 31.9 Å². The van der Waals surface area contributed by atoms with Crippen molar-refractivity contribution in [3.63, 3.8) is 0 Å². The van der Waals surface area contributed by atoms with Gasteiger partial charge in [0, 0.05) is 11.1 Å². The van der Waals surface area contributed by atoms with Crippen molar-refractivity contribution >= 4 is 12.9 Å². The fraction of sp³-hybridized carbons (Fsp3) is 0.294. The van der Waals surface area contributed by atoms with Crippen LogP contribution < -0.4 is 9.83 Å². The van der Waals surface area contributed by atoms with Gasteiger partial charge in [0.15, 0.2) is 0 Å². The third kappa shape index (κ3) is 2.31. The van der Waals surface area contributed by atoms with Crippen molar-refractivity contribution in [2.45, 2.75) is 33.1 Å². The minimum Gasteiger partial charge on any atom is -0.421 e. The first-order valence-electron chi connectivity index (χ1n) is 6.97. The van der Waals surface area contributed by atoms with Crippen LogP contribution in [0.15, 0.2) is 36.4 Å². The molecule has 1 heterocycles. The Morgan fingerprint density at radius 3 is 2.43 bits per heavy atom. The molecular formula is C17H19O3P. The molecule has 0 spiro atoms. The van der Waals surface area contributed by atoms with E-state index in [1.807, 2.05) is 37.3 Å². The van der Waals surface area contributed by atoms with Crippen LogP contribution in [-0.2, 0) is 9.98 Å². The zero-order chi connectivity index (χ0) is 15.4. The SMILES string of the molecule is Cc1cc(C(C)(C)C)cc2c1P(=O)(O)Oc1ccccc1-2. The van der Waals surface area contributed by atoms with Gasteiger partial charge in [0.1, 0.15) is 5.75 Å². The van der Waals surface area contributed by atoms with Gasteiger partial charge in [-0.1, -0.05) is 45.0 Å². The van der Waals surface area contributed by atoms with Crippen molar-refractivity contribution in [2.24, 2.45) is 0 Å². The topological polar surface area (TPSA) is 46.5 Å². The zero-order valence-electron chi connectivity index (χ0n) is 12.7. The molecule has 0 saturated heterocycles. The molecule has 110 valence electrons. The lowest BCUT2D eigenvalue weighted by Gasteiger charge is -2.29. The molecule has 3 nitrogen and oxygen atoms in total. The maximum atomic E-state index is 12.5. The van der Waals surface area contributed by atoms with Crippen molar-refractivity contribution in [1.82, 2.24) is 0 Å². The van der Waals surface area contributed by atoms with Crippen molar-refractivity contribution in [1.29, 1.82) is 0 Å². The molecule has 0 saturated carbocycles. The summed E-state index contributed by atoms with van der Waals surface area (Å²) in [6.07, 6.45) is 0. The molecule has 1 atom stereocenters. The fourth-order valence-corrected chi connectivity index (χ4v) is 4.26. The van der Waals surface area contributed by atoms with Gasteiger partial charge in [-0.15, -0.1) is 0 Å². The Labute approximate surface area is 125 Å². The number of rotatable bonds is 0. The molecule has 0 fully saturated rings. The molecule has 0 aromatic heterocycles. The van der Waals surface area contributed by atoms with Crippen LogP contribution in [0.2, 0.25) is 0 Å². The Morgan fingerprint density at radius 1 is 1.10 bits per heavy atom. The molecule has 4 heteroatoms. The Hall–Kier alpha value is -1.57. The highest BCUT2D eigenvalue weighted by Gasteiger charge is 2.36. The maximum absolute atomic E-state index is 12.5.